The molecule has 0 radical (unpaired) electrons. The predicted molar refractivity (Wildman–Crippen MR) is 104 cm³/mol. The maximum atomic E-state index is 12.4. The molecule has 0 bridgehead atoms. The number of pyridine rings is 1. The van der Waals surface area contributed by atoms with Gasteiger partial charge in [-0.25, -0.2) is 13.4 Å². The molecule has 3 aliphatic heterocycles. The zero-order chi connectivity index (χ0) is 20.6. The Hall–Kier alpha value is -1.75. The number of nitrogens with zero attached hydrogens (tertiary/aromatic N) is 2. The third-order valence-corrected chi connectivity index (χ3v) is 7.49. The molecule has 1 spiro atoms. The fraction of sp³-hybridized carbons (Fsp3) is 0.684. The second-order valence-electron chi connectivity index (χ2n) is 8.20. The second kappa shape index (κ2) is 7.82. The summed E-state index contributed by atoms with van der Waals surface area (Å²) in [6.07, 6.45) is 1.68. The lowest BCUT2D eigenvalue weighted by Crippen LogP contribution is -2.55. The minimum Gasteiger partial charge on any atom is -0.481 e. The molecule has 9 nitrogen and oxygen atoms in total. The number of methoxy groups -OCH3 is 1. The molecule has 0 saturated carbocycles. The summed E-state index contributed by atoms with van der Waals surface area (Å²) in [5.74, 6) is 0.397. The topological polar surface area (TPSA) is 107 Å². The van der Waals surface area contributed by atoms with Gasteiger partial charge in [-0.2, -0.15) is 0 Å². The van der Waals surface area contributed by atoms with Crippen LogP contribution in [0.2, 0.25) is 0 Å². The number of morpholine rings is 1. The largest absolute Gasteiger partial charge is 0.481 e. The van der Waals surface area contributed by atoms with Gasteiger partial charge in [0.25, 0.3) is 0 Å². The average molecular weight is 426 g/mol. The Balaban J connectivity index is 1.33. The molecule has 160 valence electrons. The normalized spacial score (nSPS) is 29.5. The third-order valence-electron chi connectivity index (χ3n) is 5.67. The number of rotatable bonds is 5. The van der Waals surface area contributed by atoms with Gasteiger partial charge in [-0.05, 0) is 18.6 Å². The maximum Gasteiger partial charge on any atom is 0.249 e. The highest BCUT2D eigenvalue weighted by Crippen LogP contribution is 2.32. The molecule has 0 aromatic carbocycles. The summed E-state index contributed by atoms with van der Waals surface area (Å²) >= 11 is 0. The highest BCUT2D eigenvalue weighted by atomic mass is 32.2. The number of ether oxygens (including phenoxy) is 3. The first-order chi connectivity index (χ1) is 13.8. The zero-order valence-corrected chi connectivity index (χ0v) is 17.5. The Morgan fingerprint density at radius 1 is 1.45 bits per heavy atom. The summed E-state index contributed by atoms with van der Waals surface area (Å²) in [6.45, 7) is 5.09. The lowest BCUT2D eigenvalue weighted by atomic mass is 9.97. The number of amides is 1. The quantitative estimate of drug-likeness (QED) is 0.684. The molecule has 0 aliphatic carbocycles. The molecular weight excluding hydrogens is 398 g/mol. The van der Waals surface area contributed by atoms with E-state index in [9.17, 15) is 13.2 Å². The highest BCUT2D eigenvalue weighted by Gasteiger charge is 2.47. The molecular formula is C19H27N3O6S. The van der Waals surface area contributed by atoms with Crippen molar-refractivity contribution in [2.24, 2.45) is 0 Å². The number of nitrogens with one attached hydrogen (secondary N) is 1. The van der Waals surface area contributed by atoms with Gasteiger partial charge < -0.3 is 19.5 Å². The van der Waals surface area contributed by atoms with Crippen molar-refractivity contribution >= 4 is 15.7 Å². The Morgan fingerprint density at radius 3 is 2.93 bits per heavy atom. The molecule has 0 unspecified atom stereocenters. The first kappa shape index (κ1) is 20.5. The van der Waals surface area contributed by atoms with Crippen molar-refractivity contribution in [2.45, 2.75) is 37.6 Å². The molecule has 3 fully saturated rings. The van der Waals surface area contributed by atoms with E-state index in [4.69, 9.17) is 14.2 Å². The summed E-state index contributed by atoms with van der Waals surface area (Å²) in [5, 5.41) is 2.77. The van der Waals surface area contributed by atoms with Crippen LogP contribution in [-0.4, -0.2) is 86.9 Å². The van der Waals surface area contributed by atoms with Gasteiger partial charge in [0.1, 0.15) is 11.7 Å². The Morgan fingerprint density at radius 2 is 2.24 bits per heavy atom. The van der Waals surface area contributed by atoms with Gasteiger partial charge in [0.15, 0.2) is 9.84 Å². The van der Waals surface area contributed by atoms with Gasteiger partial charge in [0.05, 0.1) is 37.9 Å². The molecule has 29 heavy (non-hydrogen) atoms. The van der Waals surface area contributed by atoms with Crippen molar-refractivity contribution in [3.8, 4) is 5.88 Å². The number of hydrogen-bond donors (Lipinski definition) is 1. The lowest BCUT2D eigenvalue weighted by molar-refractivity contribution is -0.130. The fourth-order valence-corrected chi connectivity index (χ4v) is 5.56. The Bertz CT molecular complexity index is 880. The van der Waals surface area contributed by atoms with Crippen molar-refractivity contribution in [1.82, 2.24) is 15.2 Å². The van der Waals surface area contributed by atoms with Crippen molar-refractivity contribution in [3.63, 3.8) is 0 Å². The number of sulfone groups is 1. The summed E-state index contributed by atoms with van der Waals surface area (Å²) in [5.41, 5.74) is 1.58. The standard InChI is InChI=1S/C19H27N3O6S/c1-13-5-14(7-20-18(13)26-2)8-22-3-4-28-19(11-22)6-16(27-12-19)17(23)21-15-9-29(24,25)10-15/h5,7,15-16H,3-4,6,8-12H2,1-2H3,(H,21,23)/t16-,19+/m0/s1. The van der Waals surface area contributed by atoms with Crippen LogP contribution in [0, 0.1) is 6.92 Å². The molecule has 10 heteroatoms. The molecule has 1 N–H and O–H groups in total. The molecule has 1 amide bonds. The van der Waals surface area contributed by atoms with Gasteiger partial charge in [0.2, 0.25) is 11.8 Å². The number of aromatic nitrogens is 1. The van der Waals surface area contributed by atoms with Gasteiger partial charge >= 0.3 is 0 Å². The smallest absolute Gasteiger partial charge is 0.249 e. The van der Waals surface area contributed by atoms with Crippen LogP contribution in [0.3, 0.4) is 0 Å². The molecule has 1 aromatic heterocycles. The molecule has 3 saturated heterocycles. The second-order valence-corrected chi connectivity index (χ2v) is 10.4. The number of hydrogen-bond acceptors (Lipinski definition) is 8. The molecule has 3 aliphatic rings. The van der Waals surface area contributed by atoms with Crippen LogP contribution in [0.15, 0.2) is 12.3 Å². The minimum absolute atomic E-state index is 0.0101. The monoisotopic (exact) mass is 425 g/mol. The van der Waals surface area contributed by atoms with Crippen molar-refractivity contribution in [1.29, 1.82) is 0 Å². The lowest BCUT2D eigenvalue weighted by Gasteiger charge is -2.39. The van der Waals surface area contributed by atoms with Gasteiger partial charge in [-0.15, -0.1) is 0 Å². The Kier molecular flexibility index (Phi) is 5.54. The third kappa shape index (κ3) is 4.55. The van der Waals surface area contributed by atoms with Crippen LogP contribution < -0.4 is 10.1 Å². The maximum absolute atomic E-state index is 12.4. The SMILES string of the molecule is COc1ncc(CN2CCO[C@@]3(CO[C@H](C(=O)NC4CS(=O)(=O)C4)C3)C2)cc1C. The van der Waals surface area contributed by atoms with Crippen LogP contribution in [0.25, 0.3) is 0 Å². The van der Waals surface area contributed by atoms with E-state index in [0.717, 1.165) is 24.2 Å². The number of aryl methyl sites for hydroxylation is 1. The van der Waals surface area contributed by atoms with E-state index in [0.29, 0.717) is 32.1 Å². The van der Waals surface area contributed by atoms with Crippen LogP contribution in [0.4, 0.5) is 0 Å². The van der Waals surface area contributed by atoms with E-state index in [1.54, 1.807) is 7.11 Å². The molecule has 1 aromatic rings. The number of carbonyl (C=O) groups excluding carboxylic acids is 1. The van der Waals surface area contributed by atoms with Gasteiger partial charge in [0, 0.05) is 37.8 Å². The molecule has 4 heterocycles. The summed E-state index contributed by atoms with van der Waals surface area (Å²) in [6, 6.07) is 1.77. The van der Waals surface area contributed by atoms with E-state index < -0.39 is 21.5 Å². The highest BCUT2D eigenvalue weighted by molar-refractivity contribution is 7.92. The number of carbonyl (C=O) groups is 1. The van der Waals surface area contributed by atoms with Crippen LogP contribution in [0.5, 0.6) is 5.88 Å². The fourth-order valence-electron chi connectivity index (χ4n) is 4.27. The Labute approximate surface area is 170 Å². The van der Waals surface area contributed by atoms with Gasteiger partial charge in [-0.3, -0.25) is 9.69 Å². The summed E-state index contributed by atoms with van der Waals surface area (Å²) in [4.78, 5) is 19.1. The first-order valence-electron chi connectivity index (χ1n) is 9.76. The van der Waals surface area contributed by atoms with E-state index >= 15 is 0 Å². The molecule has 2 atom stereocenters. The molecule has 4 rings (SSSR count). The van der Waals surface area contributed by atoms with Crippen LogP contribution in [0.1, 0.15) is 17.5 Å². The van der Waals surface area contributed by atoms with Crippen LogP contribution in [-0.2, 0) is 30.7 Å². The minimum atomic E-state index is -2.97. The van der Waals surface area contributed by atoms with Gasteiger partial charge in [-0.1, -0.05) is 0 Å². The van der Waals surface area contributed by atoms with Crippen molar-refractivity contribution in [3.05, 3.63) is 23.4 Å². The first-order valence-corrected chi connectivity index (χ1v) is 11.6. The predicted octanol–water partition coefficient (Wildman–Crippen LogP) is -0.328. The van der Waals surface area contributed by atoms with Crippen molar-refractivity contribution < 1.29 is 27.4 Å². The van der Waals surface area contributed by atoms with E-state index in [1.807, 2.05) is 13.1 Å². The zero-order valence-electron chi connectivity index (χ0n) is 16.7. The average Bonchev–Trinajstić information content (AvgIpc) is 3.04. The van der Waals surface area contributed by atoms with E-state index in [-0.39, 0.29) is 23.5 Å². The summed E-state index contributed by atoms with van der Waals surface area (Å²) < 4.78 is 39.5. The van der Waals surface area contributed by atoms with Crippen LogP contribution >= 0.6 is 0 Å². The van der Waals surface area contributed by atoms with Crippen molar-refractivity contribution in [2.75, 3.05) is 44.9 Å². The van der Waals surface area contributed by atoms with E-state index in [2.05, 4.69) is 21.3 Å². The van der Waals surface area contributed by atoms with E-state index in [1.165, 1.54) is 0 Å². The summed E-state index contributed by atoms with van der Waals surface area (Å²) in [7, 11) is -1.36.